The third kappa shape index (κ3) is 4.32. The lowest BCUT2D eigenvalue weighted by Gasteiger charge is -2.40. The van der Waals surface area contributed by atoms with Crippen LogP contribution in [-0.4, -0.2) is 51.5 Å². The van der Waals surface area contributed by atoms with Gasteiger partial charge in [0, 0.05) is 47.9 Å². The number of likely N-dealkylation sites (tertiary alicyclic amines) is 1. The van der Waals surface area contributed by atoms with Gasteiger partial charge < -0.3 is 19.3 Å². The fourth-order valence-corrected chi connectivity index (χ4v) is 6.06. The molecule has 2 aromatic heterocycles. The normalized spacial score (nSPS) is 16.0. The number of fused-ring (bicyclic) bond motifs is 3. The number of rotatable bonds is 4. The minimum Gasteiger partial charge on any atom is -0.351 e. The van der Waals surface area contributed by atoms with Gasteiger partial charge in [-0.25, -0.2) is 18.2 Å². The molecule has 2 amide bonds. The summed E-state index contributed by atoms with van der Waals surface area (Å²) in [5.41, 5.74) is 3.14. The average molecular weight is 572 g/mol. The first-order chi connectivity index (χ1) is 20.3. The number of carbonyl (C=O) groups is 2. The second-order valence-electron chi connectivity index (χ2n) is 10.7. The highest BCUT2D eigenvalue weighted by Gasteiger charge is 2.48. The van der Waals surface area contributed by atoms with Crippen LogP contribution in [0.25, 0.3) is 22.4 Å². The molecule has 0 aliphatic carbocycles. The zero-order valence-corrected chi connectivity index (χ0v) is 22.2. The smallest absolute Gasteiger partial charge is 0.296 e. The van der Waals surface area contributed by atoms with Gasteiger partial charge in [0.2, 0.25) is 5.76 Å². The molecular formula is C31H24F3N5O3. The van der Waals surface area contributed by atoms with Crippen LogP contribution in [0.3, 0.4) is 0 Å². The van der Waals surface area contributed by atoms with Crippen molar-refractivity contribution in [2.45, 2.75) is 24.7 Å². The SMILES string of the molecule is O=C(c1ccc(-c2nc3ccccc3[nH]2)cc1)N1CCC2(CC1)CN(C(=O)c1cc(C(F)F)no1)c1ccc(F)cc12. The predicted molar refractivity (Wildman–Crippen MR) is 148 cm³/mol. The topological polar surface area (TPSA) is 95.3 Å². The Hall–Kier alpha value is -4.93. The van der Waals surface area contributed by atoms with Crippen LogP contribution in [-0.2, 0) is 5.41 Å². The van der Waals surface area contributed by atoms with Crippen LogP contribution in [0.2, 0.25) is 0 Å². The molecule has 2 aliphatic heterocycles. The summed E-state index contributed by atoms with van der Waals surface area (Å²) in [7, 11) is 0. The van der Waals surface area contributed by atoms with E-state index >= 15 is 0 Å². The number of hydrogen-bond acceptors (Lipinski definition) is 5. The van der Waals surface area contributed by atoms with Gasteiger partial charge in [-0.3, -0.25) is 9.59 Å². The van der Waals surface area contributed by atoms with Crippen LogP contribution >= 0.6 is 0 Å². The Balaban J connectivity index is 1.08. The Kier molecular flexibility index (Phi) is 6.10. The van der Waals surface area contributed by atoms with Crippen LogP contribution in [0.4, 0.5) is 18.9 Å². The highest BCUT2D eigenvalue weighted by molar-refractivity contribution is 6.06. The summed E-state index contributed by atoms with van der Waals surface area (Å²) < 4.78 is 45.4. The van der Waals surface area contributed by atoms with E-state index < -0.39 is 29.3 Å². The molecule has 212 valence electrons. The molecule has 4 heterocycles. The molecule has 0 atom stereocenters. The van der Waals surface area contributed by atoms with Crippen molar-refractivity contribution in [1.82, 2.24) is 20.0 Å². The summed E-state index contributed by atoms with van der Waals surface area (Å²) >= 11 is 0. The molecule has 11 heteroatoms. The van der Waals surface area contributed by atoms with Crippen molar-refractivity contribution in [3.63, 3.8) is 0 Å². The number of anilines is 1. The van der Waals surface area contributed by atoms with Crippen LogP contribution in [0.5, 0.6) is 0 Å². The van der Waals surface area contributed by atoms with E-state index in [9.17, 15) is 22.8 Å². The van der Waals surface area contributed by atoms with Crippen LogP contribution < -0.4 is 4.90 Å². The number of halogens is 3. The second-order valence-corrected chi connectivity index (χ2v) is 10.7. The number of aromatic amines is 1. The monoisotopic (exact) mass is 571 g/mol. The fraction of sp³-hybridized carbons (Fsp3) is 0.226. The lowest BCUT2D eigenvalue weighted by Crippen LogP contribution is -2.47. The number of amides is 2. The summed E-state index contributed by atoms with van der Waals surface area (Å²) in [5, 5.41) is 3.29. The minimum absolute atomic E-state index is 0.118. The molecule has 3 aromatic carbocycles. The molecule has 8 nitrogen and oxygen atoms in total. The summed E-state index contributed by atoms with van der Waals surface area (Å²) in [4.78, 5) is 37.8. The number of nitrogens with one attached hydrogen (secondary N) is 1. The molecule has 0 bridgehead atoms. The van der Waals surface area contributed by atoms with Gasteiger partial charge in [0.25, 0.3) is 18.2 Å². The molecule has 2 aliphatic rings. The standard InChI is InChI=1S/C31H24F3N5O3/c32-20-9-10-25-21(15-20)31(17-39(25)30(41)26-16-24(27(33)34)37-42-26)11-13-38(14-12-31)29(40)19-7-5-18(6-8-19)28-35-22-3-1-2-4-23(22)36-28/h1-10,15-16,27H,11-14,17H2,(H,35,36). The van der Waals surface area contributed by atoms with Crippen molar-refractivity contribution < 1.29 is 27.3 Å². The molecule has 5 aromatic rings. The first kappa shape index (κ1) is 26.0. The van der Waals surface area contributed by atoms with E-state index in [4.69, 9.17) is 4.52 Å². The maximum Gasteiger partial charge on any atom is 0.296 e. The number of hydrogen-bond donors (Lipinski definition) is 1. The number of alkyl halides is 2. The third-order valence-electron chi connectivity index (χ3n) is 8.29. The van der Waals surface area contributed by atoms with E-state index in [2.05, 4.69) is 15.1 Å². The molecule has 0 unspecified atom stereocenters. The van der Waals surface area contributed by atoms with Crippen LogP contribution in [0, 0.1) is 5.82 Å². The number of imidazole rings is 1. The fourth-order valence-electron chi connectivity index (χ4n) is 6.06. The Morgan fingerprint density at radius 3 is 2.43 bits per heavy atom. The van der Waals surface area contributed by atoms with Gasteiger partial charge in [0.05, 0.1) is 11.0 Å². The van der Waals surface area contributed by atoms with Crippen molar-refractivity contribution in [1.29, 1.82) is 0 Å². The zero-order chi connectivity index (χ0) is 29.0. The molecule has 0 radical (unpaired) electrons. The van der Waals surface area contributed by atoms with Gasteiger partial charge in [-0.1, -0.05) is 29.4 Å². The average Bonchev–Trinajstić information content (AvgIpc) is 3.74. The van der Waals surface area contributed by atoms with Crippen molar-refractivity contribution >= 4 is 28.5 Å². The largest absolute Gasteiger partial charge is 0.351 e. The van der Waals surface area contributed by atoms with E-state index in [-0.39, 0.29) is 18.2 Å². The Bertz CT molecular complexity index is 1790. The highest BCUT2D eigenvalue weighted by atomic mass is 19.3. The van der Waals surface area contributed by atoms with Crippen LogP contribution in [0.1, 0.15) is 51.4 Å². The maximum absolute atomic E-state index is 14.4. The number of para-hydroxylation sites is 2. The highest BCUT2D eigenvalue weighted by Crippen LogP contribution is 2.48. The Morgan fingerprint density at radius 2 is 1.71 bits per heavy atom. The van der Waals surface area contributed by atoms with E-state index in [1.165, 1.54) is 23.1 Å². The first-order valence-corrected chi connectivity index (χ1v) is 13.5. The van der Waals surface area contributed by atoms with Crippen molar-refractivity contribution in [3.8, 4) is 11.4 Å². The molecule has 1 saturated heterocycles. The van der Waals surface area contributed by atoms with Gasteiger partial charge in [-0.15, -0.1) is 0 Å². The van der Waals surface area contributed by atoms with Gasteiger partial charge in [0.15, 0.2) is 5.69 Å². The van der Waals surface area contributed by atoms with E-state index in [1.54, 1.807) is 17.0 Å². The van der Waals surface area contributed by atoms with Gasteiger partial charge in [0.1, 0.15) is 11.6 Å². The zero-order valence-electron chi connectivity index (χ0n) is 22.2. The molecular weight excluding hydrogens is 547 g/mol. The van der Waals surface area contributed by atoms with E-state index in [0.717, 1.165) is 28.5 Å². The van der Waals surface area contributed by atoms with Gasteiger partial charge in [-0.05, 0) is 60.9 Å². The number of aromatic nitrogens is 3. The third-order valence-corrected chi connectivity index (χ3v) is 8.29. The molecule has 1 spiro atoms. The lowest BCUT2D eigenvalue weighted by atomic mass is 9.74. The first-order valence-electron chi connectivity index (χ1n) is 13.5. The molecule has 7 rings (SSSR count). The summed E-state index contributed by atoms with van der Waals surface area (Å²) in [5.74, 6) is -0.770. The molecule has 1 fully saturated rings. The maximum atomic E-state index is 14.4. The predicted octanol–water partition coefficient (Wildman–Crippen LogP) is 6.13. The number of carbonyl (C=O) groups excluding carboxylic acids is 2. The Labute approximate surface area is 237 Å². The van der Waals surface area contributed by atoms with Crippen molar-refractivity contribution in [2.24, 2.45) is 0 Å². The number of nitrogens with zero attached hydrogens (tertiary/aromatic N) is 4. The van der Waals surface area contributed by atoms with E-state index in [0.29, 0.717) is 42.7 Å². The summed E-state index contributed by atoms with van der Waals surface area (Å²) in [6.45, 7) is 1.02. The lowest BCUT2D eigenvalue weighted by molar-refractivity contribution is 0.0670. The quantitative estimate of drug-likeness (QED) is 0.280. The minimum atomic E-state index is -2.87. The molecule has 0 saturated carbocycles. The number of H-pyrrole nitrogens is 1. The van der Waals surface area contributed by atoms with Crippen molar-refractivity contribution in [2.75, 3.05) is 24.5 Å². The summed E-state index contributed by atoms with van der Waals surface area (Å²) in [6.07, 6.45) is -1.88. The Morgan fingerprint density at radius 1 is 0.952 bits per heavy atom. The number of piperidine rings is 1. The second kappa shape index (κ2) is 9.86. The van der Waals surface area contributed by atoms with Gasteiger partial charge in [-0.2, -0.15) is 0 Å². The van der Waals surface area contributed by atoms with Crippen LogP contribution in [0.15, 0.2) is 77.3 Å². The van der Waals surface area contributed by atoms with Gasteiger partial charge >= 0.3 is 0 Å². The number of benzene rings is 3. The molecule has 1 N–H and O–H groups in total. The molecule has 42 heavy (non-hydrogen) atoms. The summed E-state index contributed by atoms with van der Waals surface area (Å²) in [6, 6.07) is 20.2. The van der Waals surface area contributed by atoms with E-state index in [1.807, 2.05) is 36.4 Å². The van der Waals surface area contributed by atoms with Crippen molar-refractivity contribution in [3.05, 3.63) is 101 Å².